The van der Waals surface area contributed by atoms with Crippen LogP contribution in [0.2, 0.25) is 0 Å². The Kier molecular flexibility index (Phi) is 3.68. The predicted octanol–water partition coefficient (Wildman–Crippen LogP) is 2.92. The van der Waals surface area contributed by atoms with E-state index in [0.717, 1.165) is 19.3 Å². The second kappa shape index (κ2) is 6.13. The van der Waals surface area contributed by atoms with Crippen molar-refractivity contribution < 1.29 is 19.2 Å². The quantitative estimate of drug-likeness (QED) is 0.561. The average molecular weight is 404 g/mol. The average Bonchev–Trinajstić information content (AvgIpc) is 3.47. The Bertz CT molecular complexity index is 964. The van der Waals surface area contributed by atoms with Gasteiger partial charge in [-0.3, -0.25) is 29.0 Å². The fourth-order valence-electron chi connectivity index (χ4n) is 6.82. The lowest BCUT2D eigenvalue weighted by atomic mass is 9.78. The molecule has 2 heterocycles. The van der Waals surface area contributed by atoms with Crippen LogP contribution in [0.25, 0.3) is 0 Å². The van der Waals surface area contributed by atoms with E-state index in [1.165, 1.54) is 9.80 Å². The van der Waals surface area contributed by atoms with Crippen LogP contribution in [-0.2, 0) is 19.2 Å². The molecule has 0 radical (unpaired) electrons. The van der Waals surface area contributed by atoms with Crippen LogP contribution >= 0.6 is 0 Å². The first-order chi connectivity index (χ1) is 14.5. The number of anilines is 2. The molecule has 5 aliphatic rings. The van der Waals surface area contributed by atoms with E-state index >= 15 is 0 Å². The third kappa shape index (κ3) is 2.19. The SMILES string of the molecule is C[C@@H]1C=CC[C@@H]2C(=O)N(c3ccc(N4C(=O)[C@@H]5[C@H]6CC[C@@H](C6)[C@@H]5C4=O)cc3)C(=O)[C@H]12. The Balaban J connectivity index is 1.28. The first-order valence-electron chi connectivity index (χ1n) is 11.0. The van der Waals surface area contributed by atoms with Crippen molar-refractivity contribution >= 4 is 35.0 Å². The Morgan fingerprint density at radius 1 is 0.733 bits per heavy atom. The summed E-state index contributed by atoms with van der Waals surface area (Å²) >= 11 is 0. The molecular formula is C24H24N2O4. The molecule has 0 unspecified atom stereocenters. The molecule has 1 aromatic rings. The van der Waals surface area contributed by atoms with E-state index in [4.69, 9.17) is 0 Å². The number of fused-ring (bicyclic) bond motifs is 6. The maximum atomic E-state index is 13.0. The number of carbonyl (C=O) groups excluding carboxylic acids is 4. The van der Waals surface area contributed by atoms with Crippen LogP contribution in [0, 0.1) is 41.4 Å². The molecule has 4 fully saturated rings. The summed E-state index contributed by atoms with van der Waals surface area (Å²) in [6.45, 7) is 1.97. The molecule has 0 aromatic heterocycles. The number of imide groups is 2. The van der Waals surface area contributed by atoms with Crippen LogP contribution in [0.4, 0.5) is 11.4 Å². The van der Waals surface area contributed by atoms with Gasteiger partial charge in [0.1, 0.15) is 0 Å². The number of amides is 4. The third-order valence-corrected chi connectivity index (χ3v) is 8.17. The predicted molar refractivity (Wildman–Crippen MR) is 109 cm³/mol. The summed E-state index contributed by atoms with van der Waals surface area (Å²) in [5.74, 6) is -0.661. The topological polar surface area (TPSA) is 74.8 Å². The minimum Gasteiger partial charge on any atom is -0.274 e. The van der Waals surface area contributed by atoms with Gasteiger partial charge in [0.2, 0.25) is 23.6 Å². The van der Waals surface area contributed by atoms with Gasteiger partial charge >= 0.3 is 0 Å². The minimum atomic E-state index is -0.307. The molecule has 6 nitrogen and oxygen atoms in total. The molecule has 2 saturated heterocycles. The minimum absolute atomic E-state index is 0.0408. The van der Waals surface area contributed by atoms with Gasteiger partial charge in [0.05, 0.1) is 35.0 Å². The number of hydrogen-bond acceptors (Lipinski definition) is 4. The molecule has 6 rings (SSSR count). The maximum Gasteiger partial charge on any atom is 0.238 e. The lowest BCUT2D eigenvalue weighted by Gasteiger charge is -2.22. The molecule has 4 amide bonds. The fraction of sp³-hybridized carbons (Fsp3) is 0.500. The number of benzene rings is 1. The Morgan fingerprint density at radius 3 is 1.77 bits per heavy atom. The van der Waals surface area contributed by atoms with Gasteiger partial charge in [0.15, 0.2) is 0 Å². The molecule has 6 heteroatoms. The highest BCUT2D eigenvalue weighted by Gasteiger charge is 2.61. The van der Waals surface area contributed by atoms with Crippen LogP contribution in [0.15, 0.2) is 36.4 Å². The molecule has 2 aliphatic heterocycles. The molecular weight excluding hydrogens is 380 g/mol. The standard InChI is InChI=1S/C24H24N2O4/c1-12-3-2-4-17-18(12)22(28)25(21(17)27)15-7-9-16(10-8-15)26-23(29)19-13-5-6-14(11-13)20(19)24(26)30/h2-3,7-10,12-14,17-20H,4-6,11H2,1H3/t12-,13+,14+,17+,18-,19-,20+/m1/s1. The maximum absolute atomic E-state index is 13.0. The van der Waals surface area contributed by atoms with Gasteiger partial charge in [0, 0.05) is 0 Å². The molecule has 7 atom stereocenters. The van der Waals surface area contributed by atoms with Gasteiger partial charge in [-0.1, -0.05) is 19.1 Å². The largest absolute Gasteiger partial charge is 0.274 e. The van der Waals surface area contributed by atoms with Crippen LogP contribution < -0.4 is 9.80 Å². The van der Waals surface area contributed by atoms with Crippen molar-refractivity contribution in [1.82, 2.24) is 0 Å². The third-order valence-electron chi connectivity index (χ3n) is 8.17. The highest BCUT2D eigenvalue weighted by atomic mass is 16.2. The Hall–Kier alpha value is -2.76. The summed E-state index contributed by atoms with van der Waals surface area (Å²) in [6.07, 6.45) is 7.69. The van der Waals surface area contributed by atoms with Crippen molar-refractivity contribution in [3.05, 3.63) is 36.4 Å². The second-order valence-corrected chi connectivity index (χ2v) is 9.58. The number of carbonyl (C=O) groups is 4. The van der Waals surface area contributed by atoms with Crippen molar-refractivity contribution in [3.63, 3.8) is 0 Å². The fourth-order valence-corrected chi connectivity index (χ4v) is 6.82. The van der Waals surface area contributed by atoms with Crippen molar-refractivity contribution in [3.8, 4) is 0 Å². The van der Waals surface area contributed by atoms with Gasteiger partial charge in [-0.25, -0.2) is 0 Å². The molecule has 0 N–H and O–H groups in total. The van der Waals surface area contributed by atoms with Crippen molar-refractivity contribution in [2.24, 2.45) is 41.4 Å². The van der Waals surface area contributed by atoms with E-state index in [1.54, 1.807) is 24.3 Å². The van der Waals surface area contributed by atoms with Crippen molar-refractivity contribution in [2.75, 3.05) is 9.80 Å². The van der Waals surface area contributed by atoms with Gasteiger partial charge < -0.3 is 0 Å². The molecule has 2 bridgehead atoms. The highest BCUT2D eigenvalue weighted by molar-refractivity contribution is 6.24. The number of nitrogens with zero attached hydrogens (tertiary/aromatic N) is 2. The van der Waals surface area contributed by atoms with Gasteiger partial charge in [-0.2, -0.15) is 0 Å². The van der Waals surface area contributed by atoms with Gasteiger partial charge in [0.25, 0.3) is 0 Å². The van der Waals surface area contributed by atoms with Gasteiger partial charge in [-0.15, -0.1) is 0 Å². The summed E-state index contributed by atoms with van der Waals surface area (Å²) in [5, 5.41) is 0. The first kappa shape index (κ1) is 18.0. The number of allylic oxidation sites excluding steroid dienone is 2. The summed E-state index contributed by atoms with van der Waals surface area (Å²) in [5.41, 5.74) is 1.05. The molecule has 30 heavy (non-hydrogen) atoms. The molecule has 3 aliphatic carbocycles. The Morgan fingerprint density at radius 2 is 1.23 bits per heavy atom. The summed E-state index contributed by atoms with van der Waals surface area (Å²) in [4.78, 5) is 54.5. The summed E-state index contributed by atoms with van der Waals surface area (Å²) in [6, 6.07) is 6.75. The lowest BCUT2D eigenvalue weighted by Crippen LogP contribution is -2.33. The smallest absolute Gasteiger partial charge is 0.238 e. The lowest BCUT2D eigenvalue weighted by molar-refractivity contribution is -0.124. The zero-order chi connectivity index (χ0) is 20.7. The van der Waals surface area contributed by atoms with Crippen molar-refractivity contribution in [1.29, 1.82) is 0 Å². The molecule has 2 saturated carbocycles. The number of rotatable bonds is 2. The van der Waals surface area contributed by atoms with E-state index < -0.39 is 0 Å². The van der Waals surface area contributed by atoms with Crippen LogP contribution in [0.3, 0.4) is 0 Å². The Labute approximate surface area is 174 Å². The molecule has 1 aromatic carbocycles. The molecule has 154 valence electrons. The first-order valence-corrected chi connectivity index (χ1v) is 11.0. The van der Waals surface area contributed by atoms with E-state index in [2.05, 4.69) is 0 Å². The van der Waals surface area contributed by atoms with Crippen LogP contribution in [-0.4, -0.2) is 23.6 Å². The van der Waals surface area contributed by atoms with Crippen molar-refractivity contribution in [2.45, 2.75) is 32.6 Å². The number of hydrogen-bond donors (Lipinski definition) is 0. The zero-order valence-corrected chi connectivity index (χ0v) is 16.9. The zero-order valence-electron chi connectivity index (χ0n) is 16.9. The summed E-state index contributed by atoms with van der Waals surface area (Å²) in [7, 11) is 0. The normalized spacial score (nSPS) is 39.3. The van der Waals surface area contributed by atoms with Crippen LogP contribution in [0.5, 0.6) is 0 Å². The highest BCUT2D eigenvalue weighted by Crippen LogP contribution is 2.56. The monoisotopic (exact) mass is 404 g/mol. The van der Waals surface area contributed by atoms with E-state index in [-0.39, 0.29) is 53.2 Å². The van der Waals surface area contributed by atoms with E-state index in [1.807, 2.05) is 19.1 Å². The van der Waals surface area contributed by atoms with Gasteiger partial charge in [-0.05, 0) is 67.7 Å². The van der Waals surface area contributed by atoms with Crippen LogP contribution in [0.1, 0.15) is 32.6 Å². The van der Waals surface area contributed by atoms with E-state index in [0.29, 0.717) is 29.6 Å². The second-order valence-electron chi connectivity index (χ2n) is 9.58. The van der Waals surface area contributed by atoms with E-state index in [9.17, 15) is 19.2 Å². The molecule has 0 spiro atoms. The summed E-state index contributed by atoms with van der Waals surface area (Å²) < 4.78 is 0.